The van der Waals surface area contributed by atoms with E-state index in [2.05, 4.69) is 35.5 Å². The minimum atomic E-state index is 0.518. The zero-order valence-corrected chi connectivity index (χ0v) is 16.2. The molecule has 0 spiro atoms. The number of hydrogen-bond acceptors (Lipinski definition) is 6. The topological polar surface area (TPSA) is 63.0 Å². The monoisotopic (exact) mass is 367 g/mol. The Labute approximate surface area is 160 Å². The van der Waals surface area contributed by atoms with Gasteiger partial charge in [0.1, 0.15) is 23.8 Å². The second kappa shape index (κ2) is 7.19. The summed E-state index contributed by atoms with van der Waals surface area (Å²) in [5.41, 5.74) is 1.03. The second-order valence-corrected chi connectivity index (χ2v) is 8.34. The van der Waals surface area contributed by atoms with Crippen molar-refractivity contribution in [3.05, 3.63) is 29.7 Å². The number of nitrogens with zero attached hydrogens (tertiary/aromatic N) is 7. The van der Waals surface area contributed by atoms with Crippen molar-refractivity contribution in [1.29, 1.82) is 0 Å². The molecule has 0 unspecified atom stereocenters. The maximum absolute atomic E-state index is 4.70. The van der Waals surface area contributed by atoms with E-state index in [0.29, 0.717) is 12.0 Å². The van der Waals surface area contributed by atoms with Crippen molar-refractivity contribution < 1.29 is 0 Å². The van der Waals surface area contributed by atoms with Crippen LogP contribution in [0.15, 0.2) is 12.4 Å². The minimum absolute atomic E-state index is 0.518. The molecular formula is C20H29N7. The van der Waals surface area contributed by atoms with Crippen molar-refractivity contribution in [3.8, 4) is 0 Å². The minimum Gasteiger partial charge on any atom is -0.356 e. The molecule has 144 valence electrons. The summed E-state index contributed by atoms with van der Waals surface area (Å²) in [6.07, 6.45) is 9.14. The van der Waals surface area contributed by atoms with Crippen LogP contribution in [0.3, 0.4) is 0 Å². The number of anilines is 1. The van der Waals surface area contributed by atoms with E-state index in [1.807, 2.05) is 6.92 Å². The number of rotatable bonds is 5. The Morgan fingerprint density at radius 1 is 0.963 bits per heavy atom. The summed E-state index contributed by atoms with van der Waals surface area (Å²) in [4.78, 5) is 13.6. The van der Waals surface area contributed by atoms with E-state index < -0.39 is 0 Å². The fraction of sp³-hybridized carbons (Fsp3) is 0.700. The van der Waals surface area contributed by atoms with Gasteiger partial charge in [0.05, 0.1) is 6.54 Å². The second-order valence-electron chi connectivity index (χ2n) is 8.34. The molecule has 7 nitrogen and oxygen atoms in total. The van der Waals surface area contributed by atoms with Crippen LogP contribution >= 0.6 is 0 Å². The van der Waals surface area contributed by atoms with Gasteiger partial charge in [0.15, 0.2) is 0 Å². The molecule has 1 aliphatic carbocycles. The highest BCUT2D eigenvalue weighted by Crippen LogP contribution is 2.40. The molecule has 1 saturated carbocycles. The SMILES string of the molecule is Cc1cc(N2CCC(c3nnc(CN4CCCC4)n3C3CC3)CC2)ncn1. The lowest BCUT2D eigenvalue weighted by Crippen LogP contribution is -2.34. The number of piperidine rings is 1. The summed E-state index contributed by atoms with van der Waals surface area (Å²) in [7, 11) is 0. The first kappa shape index (κ1) is 17.1. The summed E-state index contributed by atoms with van der Waals surface area (Å²) in [6, 6.07) is 2.73. The first-order valence-electron chi connectivity index (χ1n) is 10.5. The number of hydrogen-bond donors (Lipinski definition) is 0. The van der Waals surface area contributed by atoms with Crippen molar-refractivity contribution >= 4 is 5.82 Å². The molecule has 3 aliphatic rings. The average molecular weight is 368 g/mol. The lowest BCUT2D eigenvalue weighted by molar-refractivity contribution is 0.314. The van der Waals surface area contributed by atoms with Gasteiger partial charge >= 0.3 is 0 Å². The van der Waals surface area contributed by atoms with Crippen LogP contribution in [0.25, 0.3) is 0 Å². The zero-order valence-electron chi connectivity index (χ0n) is 16.2. The molecule has 2 aromatic rings. The normalized spacial score (nSPS) is 21.9. The molecule has 2 aromatic heterocycles. The predicted molar refractivity (Wildman–Crippen MR) is 104 cm³/mol. The third kappa shape index (κ3) is 3.57. The van der Waals surface area contributed by atoms with Gasteiger partial charge in [0, 0.05) is 36.8 Å². The fourth-order valence-corrected chi connectivity index (χ4v) is 4.58. The highest BCUT2D eigenvalue weighted by Gasteiger charge is 2.34. The summed E-state index contributed by atoms with van der Waals surface area (Å²) in [5, 5.41) is 9.34. The molecular weight excluding hydrogens is 338 g/mol. The lowest BCUT2D eigenvalue weighted by atomic mass is 9.95. The Bertz CT molecular complexity index is 783. The molecule has 2 aliphatic heterocycles. The fourth-order valence-electron chi connectivity index (χ4n) is 4.58. The Balaban J connectivity index is 1.30. The quantitative estimate of drug-likeness (QED) is 0.810. The van der Waals surface area contributed by atoms with Crippen LogP contribution < -0.4 is 4.90 Å². The molecule has 0 N–H and O–H groups in total. The molecule has 0 atom stereocenters. The van der Waals surface area contributed by atoms with Crippen LogP contribution in [0.5, 0.6) is 0 Å². The van der Waals surface area contributed by atoms with Crippen molar-refractivity contribution in [2.75, 3.05) is 31.1 Å². The molecule has 0 radical (unpaired) electrons. The van der Waals surface area contributed by atoms with Crippen molar-refractivity contribution in [2.45, 2.75) is 64.0 Å². The van der Waals surface area contributed by atoms with Gasteiger partial charge in [-0.3, -0.25) is 4.90 Å². The Morgan fingerprint density at radius 3 is 2.44 bits per heavy atom. The summed E-state index contributed by atoms with van der Waals surface area (Å²) < 4.78 is 2.51. The average Bonchev–Trinajstić information content (AvgIpc) is 3.23. The van der Waals surface area contributed by atoms with Gasteiger partial charge in [-0.15, -0.1) is 10.2 Å². The molecule has 0 amide bonds. The van der Waals surface area contributed by atoms with Crippen LogP contribution in [0.2, 0.25) is 0 Å². The van der Waals surface area contributed by atoms with Crippen LogP contribution in [0.4, 0.5) is 5.82 Å². The van der Waals surface area contributed by atoms with Gasteiger partial charge in [-0.2, -0.15) is 0 Å². The van der Waals surface area contributed by atoms with E-state index in [9.17, 15) is 0 Å². The van der Waals surface area contributed by atoms with Crippen LogP contribution in [-0.4, -0.2) is 55.8 Å². The van der Waals surface area contributed by atoms with Gasteiger partial charge in [-0.05, 0) is 58.5 Å². The molecule has 7 heteroatoms. The van der Waals surface area contributed by atoms with Crippen molar-refractivity contribution in [3.63, 3.8) is 0 Å². The van der Waals surface area contributed by atoms with Crippen LogP contribution in [-0.2, 0) is 6.54 Å². The van der Waals surface area contributed by atoms with Crippen molar-refractivity contribution in [1.82, 2.24) is 29.6 Å². The van der Waals surface area contributed by atoms with Gasteiger partial charge in [-0.1, -0.05) is 0 Å². The van der Waals surface area contributed by atoms with E-state index in [0.717, 1.165) is 44.0 Å². The third-order valence-electron chi connectivity index (χ3n) is 6.24. The van der Waals surface area contributed by atoms with Crippen LogP contribution in [0, 0.1) is 6.92 Å². The first-order chi connectivity index (χ1) is 13.3. The largest absolute Gasteiger partial charge is 0.356 e. The maximum Gasteiger partial charge on any atom is 0.147 e. The van der Waals surface area contributed by atoms with E-state index in [-0.39, 0.29) is 0 Å². The molecule has 0 bridgehead atoms. The predicted octanol–water partition coefficient (Wildman–Crippen LogP) is 2.69. The van der Waals surface area contributed by atoms with E-state index in [1.165, 1.54) is 50.4 Å². The lowest BCUT2D eigenvalue weighted by Gasteiger charge is -2.32. The Hall–Kier alpha value is -2.02. The molecule has 2 saturated heterocycles. The van der Waals surface area contributed by atoms with Crippen molar-refractivity contribution in [2.24, 2.45) is 0 Å². The maximum atomic E-state index is 4.70. The standard InChI is InChI=1S/C20H29N7/c1-15-12-18(22-14-21-15)26-10-6-16(7-11-26)20-24-23-19(27(20)17-4-5-17)13-25-8-2-3-9-25/h12,14,16-17H,2-11,13H2,1H3. The molecule has 27 heavy (non-hydrogen) atoms. The molecule has 5 rings (SSSR count). The van der Waals surface area contributed by atoms with Gasteiger partial charge in [0.2, 0.25) is 0 Å². The van der Waals surface area contributed by atoms with E-state index in [1.54, 1.807) is 6.33 Å². The van der Waals surface area contributed by atoms with E-state index >= 15 is 0 Å². The smallest absolute Gasteiger partial charge is 0.147 e. The number of aryl methyl sites for hydroxylation is 1. The molecule has 0 aromatic carbocycles. The zero-order chi connectivity index (χ0) is 18.2. The Kier molecular flexibility index (Phi) is 4.55. The number of aromatic nitrogens is 5. The highest BCUT2D eigenvalue weighted by atomic mass is 15.3. The highest BCUT2D eigenvalue weighted by molar-refractivity contribution is 5.39. The van der Waals surface area contributed by atoms with Gasteiger partial charge < -0.3 is 9.47 Å². The summed E-state index contributed by atoms with van der Waals surface area (Å²) >= 11 is 0. The third-order valence-corrected chi connectivity index (χ3v) is 6.24. The van der Waals surface area contributed by atoms with Gasteiger partial charge in [-0.25, -0.2) is 9.97 Å². The first-order valence-corrected chi connectivity index (χ1v) is 10.5. The van der Waals surface area contributed by atoms with Gasteiger partial charge in [0.25, 0.3) is 0 Å². The molecule has 3 fully saturated rings. The Morgan fingerprint density at radius 2 is 1.74 bits per heavy atom. The summed E-state index contributed by atoms with van der Waals surface area (Å²) in [6.45, 7) is 7.48. The number of likely N-dealkylation sites (tertiary alicyclic amines) is 1. The summed E-state index contributed by atoms with van der Waals surface area (Å²) in [5.74, 6) is 4.01. The van der Waals surface area contributed by atoms with Crippen LogP contribution in [0.1, 0.15) is 67.8 Å². The van der Waals surface area contributed by atoms with E-state index in [4.69, 9.17) is 5.10 Å². The molecule has 4 heterocycles.